The molecule has 9 nitrogen and oxygen atoms in total. The minimum Gasteiger partial charge on any atom is -0.496 e. The van der Waals surface area contributed by atoms with Gasteiger partial charge in [-0.2, -0.15) is 0 Å². The fraction of sp³-hybridized carbons (Fsp3) is 0.238. The second kappa shape index (κ2) is 7.86. The number of amides is 2. The zero-order chi connectivity index (χ0) is 21.3. The SMILES string of the molecule is COc1ccc(OC)c2[nH]c(C(=O)N[C@@H](C)C(=O)Nc3ccc4c(c3)OCO4)cc12. The molecule has 2 aromatic carbocycles. The van der Waals surface area contributed by atoms with Gasteiger partial charge < -0.3 is 34.6 Å². The van der Waals surface area contributed by atoms with E-state index in [1.807, 2.05) is 0 Å². The van der Waals surface area contributed by atoms with E-state index in [1.165, 1.54) is 0 Å². The molecule has 30 heavy (non-hydrogen) atoms. The molecule has 0 spiro atoms. The van der Waals surface area contributed by atoms with Gasteiger partial charge in [-0.05, 0) is 37.3 Å². The summed E-state index contributed by atoms with van der Waals surface area (Å²) < 4.78 is 21.2. The number of carbonyl (C=O) groups excluding carboxylic acids is 2. The van der Waals surface area contributed by atoms with E-state index in [2.05, 4.69) is 15.6 Å². The number of aromatic nitrogens is 1. The number of rotatable bonds is 6. The number of methoxy groups -OCH3 is 2. The van der Waals surface area contributed by atoms with E-state index in [0.717, 1.165) is 0 Å². The quantitative estimate of drug-likeness (QED) is 0.575. The summed E-state index contributed by atoms with van der Waals surface area (Å²) in [6.07, 6.45) is 0. The molecule has 1 aromatic heterocycles. The first kappa shape index (κ1) is 19.4. The molecular weight excluding hydrogens is 390 g/mol. The Morgan fingerprint density at radius 3 is 2.53 bits per heavy atom. The van der Waals surface area contributed by atoms with Crippen LogP contribution in [0.15, 0.2) is 36.4 Å². The monoisotopic (exact) mass is 411 g/mol. The maximum absolute atomic E-state index is 12.7. The van der Waals surface area contributed by atoms with Gasteiger partial charge >= 0.3 is 0 Å². The smallest absolute Gasteiger partial charge is 0.268 e. The number of fused-ring (bicyclic) bond motifs is 2. The van der Waals surface area contributed by atoms with E-state index in [1.54, 1.807) is 57.5 Å². The second-order valence-electron chi connectivity index (χ2n) is 6.69. The predicted molar refractivity (Wildman–Crippen MR) is 110 cm³/mol. The highest BCUT2D eigenvalue weighted by atomic mass is 16.7. The Balaban J connectivity index is 1.47. The Kier molecular flexibility index (Phi) is 5.09. The van der Waals surface area contributed by atoms with Crippen LogP contribution >= 0.6 is 0 Å². The first-order chi connectivity index (χ1) is 14.5. The molecule has 0 bridgehead atoms. The molecule has 4 rings (SSSR count). The highest BCUT2D eigenvalue weighted by Gasteiger charge is 2.21. The number of nitrogens with one attached hydrogen (secondary N) is 3. The standard InChI is InChI=1S/C21H21N3O6/c1-11(20(25)23-12-4-5-16-18(8-12)30-10-29-16)22-21(26)14-9-13-15(27-2)6-7-17(28-3)19(13)24-14/h4-9,11,24H,10H2,1-3H3,(H,22,26)(H,23,25)/t11-/m0/s1. The van der Waals surface area contributed by atoms with Gasteiger partial charge in [-0.3, -0.25) is 9.59 Å². The third-order valence-electron chi connectivity index (χ3n) is 4.78. The molecule has 1 aliphatic rings. The van der Waals surface area contributed by atoms with Gasteiger partial charge in [0.1, 0.15) is 23.2 Å². The number of ether oxygens (including phenoxy) is 4. The fourth-order valence-corrected chi connectivity index (χ4v) is 3.20. The van der Waals surface area contributed by atoms with Crippen LogP contribution in [-0.4, -0.2) is 43.9 Å². The summed E-state index contributed by atoms with van der Waals surface area (Å²) >= 11 is 0. The van der Waals surface area contributed by atoms with E-state index in [-0.39, 0.29) is 18.4 Å². The third kappa shape index (κ3) is 3.57. The Labute approximate surface area is 172 Å². The fourth-order valence-electron chi connectivity index (χ4n) is 3.20. The number of aromatic amines is 1. The Morgan fingerprint density at radius 1 is 1.03 bits per heavy atom. The highest BCUT2D eigenvalue weighted by molar-refractivity contribution is 6.04. The Morgan fingerprint density at radius 2 is 1.77 bits per heavy atom. The van der Waals surface area contributed by atoms with Crippen molar-refractivity contribution in [3.05, 3.63) is 42.1 Å². The number of benzene rings is 2. The molecule has 0 saturated heterocycles. The second-order valence-corrected chi connectivity index (χ2v) is 6.69. The minimum absolute atomic E-state index is 0.152. The van der Waals surface area contributed by atoms with Crippen LogP contribution in [0.5, 0.6) is 23.0 Å². The molecule has 0 fully saturated rings. The van der Waals surface area contributed by atoms with Crippen molar-refractivity contribution in [1.82, 2.24) is 10.3 Å². The molecule has 1 aliphatic heterocycles. The summed E-state index contributed by atoms with van der Waals surface area (Å²) in [5.41, 5.74) is 1.47. The average Bonchev–Trinajstić information content (AvgIpc) is 3.39. The van der Waals surface area contributed by atoms with Crippen molar-refractivity contribution in [2.24, 2.45) is 0 Å². The molecule has 2 heterocycles. The minimum atomic E-state index is -0.780. The number of anilines is 1. The van der Waals surface area contributed by atoms with Crippen LogP contribution in [0.1, 0.15) is 17.4 Å². The predicted octanol–water partition coefficient (Wildman–Crippen LogP) is 2.67. The lowest BCUT2D eigenvalue weighted by Crippen LogP contribution is -2.41. The van der Waals surface area contributed by atoms with Crippen LogP contribution in [-0.2, 0) is 4.79 Å². The largest absolute Gasteiger partial charge is 0.496 e. The van der Waals surface area contributed by atoms with Crippen molar-refractivity contribution in [3.63, 3.8) is 0 Å². The molecule has 0 aliphatic carbocycles. The summed E-state index contributed by atoms with van der Waals surface area (Å²) in [6.45, 7) is 1.75. The molecule has 1 atom stereocenters. The topological polar surface area (TPSA) is 111 Å². The Bertz CT molecular complexity index is 1080. The summed E-state index contributed by atoms with van der Waals surface area (Å²) in [7, 11) is 3.10. The van der Waals surface area contributed by atoms with E-state index in [0.29, 0.717) is 39.6 Å². The maximum Gasteiger partial charge on any atom is 0.268 e. The third-order valence-corrected chi connectivity index (χ3v) is 4.78. The van der Waals surface area contributed by atoms with Gasteiger partial charge in [0.25, 0.3) is 5.91 Å². The molecule has 156 valence electrons. The zero-order valence-corrected chi connectivity index (χ0v) is 16.7. The summed E-state index contributed by atoms with van der Waals surface area (Å²) in [4.78, 5) is 28.2. The summed E-state index contributed by atoms with van der Waals surface area (Å²) in [5.74, 6) is 1.58. The van der Waals surface area contributed by atoms with Gasteiger partial charge in [-0.25, -0.2) is 0 Å². The average molecular weight is 411 g/mol. The lowest BCUT2D eigenvalue weighted by Gasteiger charge is -2.14. The van der Waals surface area contributed by atoms with Crippen molar-refractivity contribution in [1.29, 1.82) is 0 Å². The lowest BCUT2D eigenvalue weighted by molar-refractivity contribution is -0.117. The number of hydrogen-bond acceptors (Lipinski definition) is 6. The first-order valence-corrected chi connectivity index (χ1v) is 9.25. The molecule has 3 N–H and O–H groups in total. The van der Waals surface area contributed by atoms with Crippen molar-refractivity contribution in [2.45, 2.75) is 13.0 Å². The summed E-state index contributed by atoms with van der Waals surface area (Å²) in [5, 5.41) is 6.14. The first-order valence-electron chi connectivity index (χ1n) is 9.25. The van der Waals surface area contributed by atoms with Gasteiger partial charge in [0.15, 0.2) is 11.5 Å². The molecule has 0 radical (unpaired) electrons. The molecule has 9 heteroatoms. The number of carbonyl (C=O) groups is 2. The van der Waals surface area contributed by atoms with Crippen LogP contribution < -0.4 is 29.6 Å². The van der Waals surface area contributed by atoms with E-state index in [9.17, 15) is 9.59 Å². The van der Waals surface area contributed by atoms with Gasteiger partial charge in [0.05, 0.1) is 19.7 Å². The molecule has 0 saturated carbocycles. The molecule has 0 unspecified atom stereocenters. The number of hydrogen-bond donors (Lipinski definition) is 3. The van der Waals surface area contributed by atoms with Crippen LogP contribution in [0.4, 0.5) is 5.69 Å². The lowest BCUT2D eigenvalue weighted by atomic mass is 10.2. The van der Waals surface area contributed by atoms with Crippen molar-refractivity contribution in [3.8, 4) is 23.0 Å². The van der Waals surface area contributed by atoms with Gasteiger partial charge in [-0.15, -0.1) is 0 Å². The molecular formula is C21H21N3O6. The van der Waals surface area contributed by atoms with Gasteiger partial charge in [0, 0.05) is 17.1 Å². The molecule has 3 aromatic rings. The van der Waals surface area contributed by atoms with Crippen molar-refractivity contribution >= 4 is 28.4 Å². The maximum atomic E-state index is 12.7. The van der Waals surface area contributed by atoms with Crippen LogP contribution in [0.25, 0.3) is 10.9 Å². The van der Waals surface area contributed by atoms with Gasteiger partial charge in [-0.1, -0.05) is 0 Å². The molecule has 2 amide bonds. The van der Waals surface area contributed by atoms with E-state index in [4.69, 9.17) is 18.9 Å². The van der Waals surface area contributed by atoms with Crippen LogP contribution in [0.2, 0.25) is 0 Å². The van der Waals surface area contributed by atoms with Crippen LogP contribution in [0.3, 0.4) is 0 Å². The zero-order valence-electron chi connectivity index (χ0n) is 16.7. The van der Waals surface area contributed by atoms with Crippen molar-refractivity contribution < 1.29 is 28.5 Å². The van der Waals surface area contributed by atoms with Gasteiger partial charge in [0.2, 0.25) is 12.7 Å². The normalized spacial score (nSPS) is 13.0. The van der Waals surface area contributed by atoms with E-state index >= 15 is 0 Å². The highest BCUT2D eigenvalue weighted by Crippen LogP contribution is 2.34. The van der Waals surface area contributed by atoms with E-state index < -0.39 is 11.9 Å². The summed E-state index contributed by atoms with van der Waals surface area (Å²) in [6, 6.07) is 9.49. The van der Waals surface area contributed by atoms with Crippen molar-refractivity contribution in [2.75, 3.05) is 26.3 Å². The Hall–Kier alpha value is -3.88. The van der Waals surface area contributed by atoms with Crippen LogP contribution in [0, 0.1) is 0 Å². The number of H-pyrrole nitrogens is 1.